The number of ether oxygens (including phenoxy) is 4. The average molecular weight is 561 g/mol. The summed E-state index contributed by atoms with van der Waals surface area (Å²) in [5, 5.41) is 49.7. The van der Waals surface area contributed by atoms with Crippen LogP contribution in [0.4, 0.5) is 0 Å². The highest BCUT2D eigenvalue weighted by Gasteiger charge is 2.45. The van der Waals surface area contributed by atoms with Crippen LogP contribution in [0, 0.1) is 5.92 Å². The summed E-state index contributed by atoms with van der Waals surface area (Å²) < 4.78 is 22.6. The van der Waals surface area contributed by atoms with Gasteiger partial charge in [0.15, 0.2) is 6.29 Å². The van der Waals surface area contributed by atoms with Gasteiger partial charge in [0, 0.05) is 11.5 Å². The van der Waals surface area contributed by atoms with E-state index in [4.69, 9.17) is 18.9 Å². The number of fused-ring (bicyclic) bond motifs is 1. The van der Waals surface area contributed by atoms with Gasteiger partial charge in [0.25, 0.3) is 0 Å². The summed E-state index contributed by atoms with van der Waals surface area (Å²) in [5.41, 5.74) is 2.49. The van der Waals surface area contributed by atoms with Crippen molar-refractivity contribution in [3.8, 4) is 5.75 Å². The zero-order valence-electron chi connectivity index (χ0n) is 22.2. The number of hydrogen-bond acceptors (Lipinski definition) is 11. The van der Waals surface area contributed by atoms with Crippen molar-refractivity contribution in [2.45, 2.75) is 75.5 Å². The second kappa shape index (κ2) is 13.1. The number of phenols is 1. The van der Waals surface area contributed by atoms with Crippen LogP contribution in [0.2, 0.25) is 0 Å². The highest BCUT2D eigenvalue weighted by atomic mass is 16.7. The Morgan fingerprint density at radius 3 is 2.55 bits per heavy atom. The average Bonchev–Trinajstić information content (AvgIpc) is 3.19. The third-order valence-corrected chi connectivity index (χ3v) is 7.53. The number of carbonyl (C=O) groups is 2. The fourth-order valence-electron chi connectivity index (χ4n) is 5.03. The number of phenolic OH excluding ortho intramolecular Hbond substituents is 1. The topological polar surface area (TPSA) is 172 Å². The van der Waals surface area contributed by atoms with E-state index in [1.807, 2.05) is 6.08 Å². The van der Waals surface area contributed by atoms with Crippen molar-refractivity contribution in [1.29, 1.82) is 0 Å². The van der Waals surface area contributed by atoms with Gasteiger partial charge in [-0.15, -0.1) is 0 Å². The predicted molar refractivity (Wildman–Crippen MR) is 140 cm³/mol. The molecule has 4 rings (SSSR count). The number of hydrogen-bond donors (Lipinski definition) is 5. The summed E-state index contributed by atoms with van der Waals surface area (Å²) in [6, 6.07) is 6.26. The first kappa shape index (κ1) is 29.9. The van der Waals surface area contributed by atoms with Gasteiger partial charge in [-0.25, -0.2) is 4.79 Å². The Bertz CT molecular complexity index is 1140. The van der Waals surface area contributed by atoms with E-state index in [9.17, 15) is 35.1 Å². The van der Waals surface area contributed by atoms with E-state index >= 15 is 0 Å². The lowest BCUT2D eigenvalue weighted by Gasteiger charge is -2.41. The Morgan fingerprint density at radius 2 is 1.85 bits per heavy atom. The number of benzene rings is 1. The summed E-state index contributed by atoms with van der Waals surface area (Å²) in [6.07, 6.45) is -3.52. The predicted octanol–water partition coefficient (Wildman–Crippen LogP) is 0.817. The van der Waals surface area contributed by atoms with E-state index in [-0.39, 0.29) is 31.1 Å². The van der Waals surface area contributed by atoms with Crippen molar-refractivity contribution in [1.82, 2.24) is 0 Å². The molecule has 2 fully saturated rings. The lowest BCUT2D eigenvalue weighted by molar-refractivity contribution is -0.308. The van der Waals surface area contributed by atoms with E-state index in [2.05, 4.69) is 6.58 Å². The van der Waals surface area contributed by atoms with Crippen LogP contribution in [0.3, 0.4) is 0 Å². The molecular weight excluding hydrogens is 524 g/mol. The number of aromatic hydroxyl groups is 1. The summed E-state index contributed by atoms with van der Waals surface area (Å²) in [6.45, 7) is 5.08. The molecule has 2 heterocycles. The lowest BCUT2D eigenvalue weighted by atomic mass is 9.87. The molecule has 1 aromatic carbocycles. The molecule has 8 atom stereocenters. The molecule has 40 heavy (non-hydrogen) atoms. The van der Waals surface area contributed by atoms with Crippen molar-refractivity contribution in [2.24, 2.45) is 5.92 Å². The summed E-state index contributed by atoms with van der Waals surface area (Å²) in [5.74, 6) is -1.14. The van der Waals surface area contributed by atoms with E-state index in [1.165, 1.54) is 12.1 Å². The third-order valence-electron chi connectivity index (χ3n) is 7.53. The van der Waals surface area contributed by atoms with Crippen LogP contribution < -0.4 is 0 Å². The van der Waals surface area contributed by atoms with Gasteiger partial charge in [-0.1, -0.05) is 24.8 Å². The molecule has 11 nitrogen and oxygen atoms in total. The highest BCUT2D eigenvalue weighted by Crippen LogP contribution is 2.35. The number of rotatable bonds is 7. The maximum Gasteiger partial charge on any atom is 0.334 e. The SMILES string of the molecule is C=C1C(=O)O[C@@H]2/C=C(\C)[C@@H](O[C@@H]3O[C@H](CO)[C@@H](O)[C@H](O)[C@H]3O)C/C=C(\COC(=O)Cc3ccc(O)cc3)CC[C@@H]12. The molecule has 0 bridgehead atoms. The van der Waals surface area contributed by atoms with Gasteiger partial charge in [0.05, 0.1) is 19.1 Å². The molecular formula is C29H36O11. The molecule has 218 valence electrons. The minimum Gasteiger partial charge on any atom is -0.508 e. The monoisotopic (exact) mass is 560 g/mol. The number of carbonyl (C=O) groups excluding carboxylic acids is 2. The summed E-state index contributed by atoms with van der Waals surface area (Å²) >= 11 is 0. The minimum atomic E-state index is -1.60. The van der Waals surface area contributed by atoms with Crippen LogP contribution in [0.15, 0.2) is 59.7 Å². The fraction of sp³-hybridized carbons (Fsp3) is 0.517. The van der Waals surface area contributed by atoms with Crippen LogP contribution in [-0.4, -0.2) is 93.6 Å². The van der Waals surface area contributed by atoms with Gasteiger partial charge in [0.1, 0.15) is 42.9 Å². The first-order chi connectivity index (χ1) is 19.1. The molecule has 3 aliphatic rings. The zero-order valence-corrected chi connectivity index (χ0v) is 22.2. The zero-order chi connectivity index (χ0) is 29.0. The molecule has 0 aromatic heterocycles. The second-order valence-electron chi connectivity index (χ2n) is 10.4. The molecule has 0 unspecified atom stereocenters. The number of esters is 2. The van der Waals surface area contributed by atoms with Gasteiger partial charge in [-0.3, -0.25) is 4.79 Å². The van der Waals surface area contributed by atoms with Crippen LogP contribution in [-0.2, 0) is 35.0 Å². The Labute approximate surface area is 231 Å². The Balaban J connectivity index is 1.51. The number of aliphatic hydroxyl groups excluding tert-OH is 4. The Hall–Kier alpha value is -3.06. The maximum atomic E-state index is 12.5. The van der Waals surface area contributed by atoms with E-state index < -0.39 is 61.5 Å². The first-order valence-electron chi connectivity index (χ1n) is 13.2. The molecule has 0 amide bonds. The highest BCUT2D eigenvalue weighted by molar-refractivity contribution is 5.91. The molecule has 2 saturated heterocycles. The van der Waals surface area contributed by atoms with Crippen molar-refractivity contribution in [3.05, 3.63) is 65.3 Å². The van der Waals surface area contributed by atoms with Gasteiger partial charge < -0.3 is 44.5 Å². The smallest absolute Gasteiger partial charge is 0.334 e. The van der Waals surface area contributed by atoms with Gasteiger partial charge >= 0.3 is 11.9 Å². The second-order valence-corrected chi connectivity index (χ2v) is 10.4. The fourth-order valence-corrected chi connectivity index (χ4v) is 5.03. The molecule has 1 aliphatic carbocycles. The molecule has 0 saturated carbocycles. The van der Waals surface area contributed by atoms with E-state index in [0.29, 0.717) is 29.6 Å². The normalized spacial score (nSPS) is 35.5. The molecule has 0 radical (unpaired) electrons. The van der Waals surface area contributed by atoms with Gasteiger partial charge in [0.2, 0.25) is 0 Å². The van der Waals surface area contributed by atoms with Crippen molar-refractivity contribution in [3.63, 3.8) is 0 Å². The van der Waals surface area contributed by atoms with Gasteiger partial charge in [-0.05, 0) is 61.1 Å². The van der Waals surface area contributed by atoms with Crippen LogP contribution in [0.25, 0.3) is 0 Å². The van der Waals surface area contributed by atoms with Crippen LogP contribution >= 0.6 is 0 Å². The third kappa shape index (κ3) is 6.98. The Kier molecular flexibility index (Phi) is 9.77. The van der Waals surface area contributed by atoms with Crippen molar-refractivity contribution in [2.75, 3.05) is 13.2 Å². The molecule has 0 spiro atoms. The molecule has 11 heteroatoms. The van der Waals surface area contributed by atoms with Crippen molar-refractivity contribution >= 4 is 11.9 Å². The quantitative estimate of drug-likeness (QED) is 0.182. The van der Waals surface area contributed by atoms with Crippen LogP contribution in [0.1, 0.15) is 31.7 Å². The van der Waals surface area contributed by atoms with E-state index in [1.54, 1.807) is 25.1 Å². The largest absolute Gasteiger partial charge is 0.508 e. The molecule has 5 N–H and O–H groups in total. The van der Waals surface area contributed by atoms with Crippen LogP contribution in [0.5, 0.6) is 5.75 Å². The molecule has 1 aromatic rings. The van der Waals surface area contributed by atoms with Gasteiger partial charge in [-0.2, -0.15) is 0 Å². The molecule has 2 aliphatic heterocycles. The number of aliphatic hydroxyl groups is 4. The van der Waals surface area contributed by atoms with Crippen molar-refractivity contribution < 1.29 is 54.1 Å². The standard InChI is InChI=1S/C29H36O11/c1-15-11-22-20(16(2)28(36)38-22)9-5-18(14-37-24(32)12-17-3-7-19(31)8-4-17)6-10-21(15)39-29-27(35)26(34)25(33)23(13-30)40-29/h3-4,6-8,11,20-23,25-27,29-31,33-35H,2,5,9-10,12-14H2,1H3/b15-11+,18-6-/t20-,21-,22+,23+,25+,26-,27+,29+/m0/s1. The minimum absolute atomic E-state index is 0.00507. The summed E-state index contributed by atoms with van der Waals surface area (Å²) in [4.78, 5) is 24.8. The first-order valence-corrected chi connectivity index (χ1v) is 13.2. The lowest BCUT2D eigenvalue weighted by Crippen LogP contribution is -2.59. The van der Waals surface area contributed by atoms with E-state index in [0.717, 1.165) is 5.57 Å². The Morgan fingerprint density at radius 1 is 1.12 bits per heavy atom. The summed E-state index contributed by atoms with van der Waals surface area (Å²) in [7, 11) is 0. The maximum absolute atomic E-state index is 12.5.